The van der Waals surface area contributed by atoms with Crippen molar-refractivity contribution in [2.24, 2.45) is 5.92 Å². The highest BCUT2D eigenvalue weighted by molar-refractivity contribution is 6.02. The van der Waals surface area contributed by atoms with Crippen LogP contribution in [0.3, 0.4) is 0 Å². The lowest BCUT2D eigenvalue weighted by molar-refractivity contribution is 0.0923. The van der Waals surface area contributed by atoms with E-state index < -0.39 is 0 Å². The van der Waals surface area contributed by atoms with E-state index in [1.165, 1.54) is 12.8 Å². The molecule has 1 aliphatic carbocycles. The average Bonchev–Trinajstić information content (AvgIpc) is 2.69. The molecular formula is C21H35N5O. The molecule has 0 spiro atoms. The summed E-state index contributed by atoms with van der Waals surface area (Å²) in [5.41, 5.74) is 9.39. The van der Waals surface area contributed by atoms with E-state index in [-0.39, 0.29) is 11.9 Å². The van der Waals surface area contributed by atoms with Gasteiger partial charge in [-0.25, -0.2) is 0 Å². The number of anilines is 3. The monoisotopic (exact) mass is 373 g/mol. The molecule has 0 unspecified atom stereocenters. The van der Waals surface area contributed by atoms with Crippen LogP contribution in [0.25, 0.3) is 0 Å². The predicted octanol–water partition coefficient (Wildman–Crippen LogP) is 2.76. The molecule has 1 heterocycles. The molecule has 3 rings (SSSR count). The van der Waals surface area contributed by atoms with Gasteiger partial charge in [-0.1, -0.05) is 13.8 Å². The Kier molecular flexibility index (Phi) is 6.47. The van der Waals surface area contributed by atoms with Crippen LogP contribution in [0.5, 0.6) is 0 Å². The van der Waals surface area contributed by atoms with Crippen LogP contribution in [-0.4, -0.2) is 56.6 Å². The zero-order valence-electron chi connectivity index (χ0n) is 17.1. The molecule has 2 aliphatic rings. The molecule has 1 saturated carbocycles. The van der Waals surface area contributed by atoms with Crippen molar-refractivity contribution in [3.8, 4) is 0 Å². The summed E-state index contributed by atoms with van der Waals surface area (Å²) >= 11 is 0. The number of likely N-dealkylation sites (N-methyl/N-ethyl adjacent to an activating group) is 1. The number of carbonyl (C=O) groups is 1. The molecule has 2 fully saturated rings. The summed E-state index contributed by atoms with van der Waals surface area (Å²) in [5.74, 6) is 0.783. The maximum atomic E-state index is 13.1. The maximum absolute atomic E-state index is 13.1. The molecule has 4 N–H and O–H groups in total. The first-order valence-corrected chi connectivity index (χ1v) is 10.4. The summed E-state index contributed by atoms with van der Waals surface area (Å²) in [7, 11) is 1.87. The SMILES string of the molecule is CCN1CCN(c2cc(NC)c(N)cc2C(=O)NC2CCC(C)CC2)CC1. The van der Waals surface area contributed by atoms with E-state index in [0.29, 0.717) is 11.3 Å². The minimum atomic E-state index is 0.0110. The lowest BCUT2D eigenvalue weighted by atomic mass is 9.87. The molecule has 1 aliphatic heterocycles. The highest BCUT2D eigenvalue weighted by Crippen LogP contribution is 2.31. The van der Waals surface area contributed by atoms with Gasteiger partial charge in [-0.05, 0) is 50.3 Å². The Hall–Kier alpha value is -1.95. The summed E-state index contributed by atoms with van der Waals surface area (Å²) in [6.45, 7) is 9.48. The van der Waals surface area contributed by atoms with Crippen molar-refractivity contribution in [1.82, 2.24) is 10.2 Å². The molecule has 1 amide bonds. The highest BCUT2D eigenvalue weighted by atomic mass is 16.1. The molecule has 0 aromatic heterocycles. The number of hydrogen-bond donors (Lipinski definition) is 3. The zero-order chi connectivity index (χ0) is 19.4. The largest absolute Gasteiger partial charge is 0.397 e. The van der Waals surface area contributed by atoms with Crippen LogP contribution in [0, 0.1) is 5.92 Å². The smallest absolute Gasteiger partial charge is 0.253 e. The third-order valence-electron chi connectivity index (χ3n) is 6.19. The van der Waals surface area contributed by atoms with Crippen LogP contribution >= 0.6 is 0 Å². The van der Waals surface area contributed by atoms with Crippen molar-refractivity contribution >= 4 is 23.0 Å². The van der Waals surface area contributed by atoms with E-state index in [1.807, 2.05) is 19.2 Å². The van der Waals surface area contributed by atoms with E-state index in [0.717, 1.165) is 62.9 Å². The van der Waals surface area contributed by atoms with Gasteiger partial charge in [-0.3, -0.25) is 4.79 Å². The Morgan fingerprint density at radius 2 is 1.81 bits per heavy atom. The van der Waals surface area contributed by atoms with E-state index in [2.05, 4.69) is 34.3 Å². The van der Waals surface area contributed by atoms with Gasteiger partial charge in [-0.2, -0.15) is 0 Å². The van der Waals surface area contributed by atoms with Gasteiger partial charge in [0.05, 0.1) is 22.6 Å². The summed E-state index contributed by atoms with van der Waals surface area (Å²) in [4.78, 5) is 17.9. The fourth-order valence-corrected chi connectivity index (χ4v) is 4.24. The molecule has 150 valence electrons. The summed E-state index contributed by atoms with van der Waals surface area (Å²) in [5, 5.41) is 6.42. The van der Waals surface area contributed by atoms with Crippen LogP contribution in [0.2, 0.25) is 0 Å². The lowest BCUT2D eigenvalue weighted by Crippen LogP contribution is -2.47. The molecule has 0 bridgehead atoms. The van der Waals surface area contributed by atoms with Gasteiger partial charge in [0.15, 0.2) is 0 Å². The quantitative estimate of drug-likeness (QED) is 0.692. The highest BCUT2D eigenvalue weighted by Gasteiger charge is 2.25. The number of amides is 1. The number of carbonyl (C=O) groups excluding carboxylic acids is 1. The molecule has 1 saturated heterocycles. The average molecular weight is 374 g/mol. The molecule has 27 heavy (non-hydrogen) atoms. The second kappa shape index (κ2) is 8.83. The first-order chi connectivity index (χ1) is 13.0. The van der Waals surface area contributed by atoms with Gasteiger partial charge in [-0.15, -0.1) is 0 Å². The molecule has 6 heteroatoms. The minimum absolute atomic E-state index is 0.0110. The third kappa shape index (κ3) is 4.67. The van der Waals surface area contributed by atoms with Crippen molar-refractivity contribution in [1.29, 1.82) is 0 Å². The Balaban J connectivity index is 1.80. The van der Waals surface area contributed by atoms with E-state index in [4.69, 9.17) is 5.73 Å². The van der Waals surface area contributed by atoms with Crippen molar-refractivity contribution < 1.29 is 4.79 Å². The van der Waals surface area contributed by atoms with E-state index in [1.54, 1.807) is 0 Å². The molecule has 1 aromatic carbocycles. The van der Waals surface area contributed by atoms with Gasteiger partial charge in [0.1, 0.15) is 0 Å². The fraction of sp³-hybridized carbons (Fsp3) is 0.667. The molecule has 0 radical (unpaired) electrons. The summed E-state index contributed by atoms with van der Waals surface area (Å²) in [6, 6.07) is 4.16. The van der Waals surface area contributed by atoms with E-state index in [9.17, 15) is 4.79 Å². The van der Waals surface area contributed by atoms with Crippen molar-refractivity contribution in [3.63, 3.8) is 0 Å². The fourth-order valence-electron chi connectivity index (χ4n) is 4.24. The van der Waals surface area contributed by atoms with Gasteiger partial charge >= 0.3 is 0 Å². The van der Waals surface area contributed by atoms with Crippen LogP contribution in [0.1, 0.15) is 49.9 Å². The van der Waals surface area contributed by atoms with Gasteiger partial charge in [0.2, 0.25) is 0 Å². The number of nitrogens with one attached hydrogen (secondary N) is 2. The summed E-state index contributed by atoms with van der Waals surface area (Å²) in [6.07, 6.45) is 4.53. The van der Waals surface area contributed by atoms with E-state index >= 15 is 0 Å². The van der Waals surface area contributed by atoms with Gasteiger partial charge < -0.3 is 26.2 Å². The second-order valence-electron chi connectivity index (χ2n) is 8.06. The number of benzene rings is 1. The second-order valence-corrected chi connectivity index (χ2v) is 8.06. The predicted molar refractivity (Wildman–Crippen MR) is 114 cm³/mol. The van der Waals surface area contributed by atoms with Gasteiger partial charge in [0, 0.05) is 39.3 Å². The minimum Gasteiger partial charge on any atom is -0.397 e. The standard InChI is InChI=1S/C21H35N5O/c1-4-25-9-11-26(12-10-25)20-14-19(23-3)18(22)13-17(20)21(27)24-16-7-5-15(2)6-8-16/h13-16,23H,4-12,22H2,1-3H3,(H,24,27). The number of piperazine rings is 1. The molecule has 1 aromatic rings. The third-order valence-corrected chi connectivity index (χ3v) is 6.19. The first kappa shape index (κ1) is 19.8. The number of rotatable bonds is 5. The normalized spacial score (nSPS) is 23.9. The van der Waals surface area contributed by atoms with Crippen LogP contribution in [0.4, 0.5) is 17.1 Å². The number of hydrogen-bond acceptors (Lipinski definition) is 5. The number of nitrogens with two attached hydrogens (primary N) is 1. The molecular weight excluding hydrogens is 338 g/mol. The number of nitrogens with zero attached hydrogens (tertiary/aromatic N) is 2. The van der Waals surface area contributed by atoms with Crippen LogP contribution in [-0.2, 0) is 0 Å². The van der Waals surface area contributed by atoms with Crippen LogP contribution < -0.4 is 21.3 Å². The van der Waals surface area contributed by atoms with Crippen molar-refractivity contribution in [2.75, 3.05) is 55.7 Å². The van der Waals surface area contributed by atoms with Gasteiger partial charge in [0.25, 0.3) is 5.91 Å². The summed E-state index contributed by atoms with van der Waals surface area (Å²) < 4.78 is 0. The number of nitrogen functional groups attached to an aromatic ring is 1. The van der Waals surface area contributed by atoms with Crippen molar-refractivity contribution in [3.05, 3.63) is 17.7 Å². The van der Waals surface area contributed by atoms with Crippen LogP contribution in [0.15, 0.2) is 12.1 Å². The first-order valence-electron chi connectivity index (χ1n) is 10.4. The Bertz CT molecular complexity index is 646. The topological polar surface area (TPSA) is 73.6 Å². The van der Waals surface area contributed by atoms with Crippen molar-refractivity contribution in [2.45, 2.75) is 45.6 Å². The lowest BCUT2D eigenvalue weighted by Gasteiger charge is -2.37. The Morgan fingerprint density at radius 3 is 2.41 bits per heavy atom. The maximum Gasteiger partial charge on any atom is 0.253 e. The Morgan fingerprint density at radius 1 is 1.15 bits per heavy atom. The molecule has 0 atom stereocenters. The Labute approximate surface area is 163 Å². The zero-order valence-corrected chi connectivity index (χ0v) is 17.1. The molecule has 6 nitrogen and oxygen atoms in total.